The van der Waals surface area contributed by atoms with E-state index in [1.807, 2.05) is 26.0 Å². The zero-order chi connectivity index (χ0) is 37.5. The molecule has 0 bridgehead atoms. The van der Waals surface area contributed by atoms with Crippen LogP contribution >= 0.6 is 0 Å². The number of hydrogen-bond acceptors (Lipinski definition) is 7. The minimum Gasteiger partial charge on any atom is -0.372 e. The molecule has 0 unspecified atom stereocenters. The molecular weight excluding hydrogens is 695 g/mol. The summed E-state index contributed by atoms with van der Waals surface area (Å²) in [6.45, 7) is 12.6. The van der Waals surface area contributed by atoms with Crippen LogP contribution in [0.3, 0.4) is 0 Å². The van der Waals surface area contributed by atoms with Crippen LogP contribution in [0, 0.1) is 0 Å². The maximum absolute atomic E-state index is 11.7. The SMILES string of the molecule is CCN(CC)c1ccc(C(c2ccc(N(CC)Cc3cccc(S(=O)(=O)O)c3)cc2)c2ccc(N(CC)Cc3cccc(S(=O)(=O)O)c3)cc2)cc1. The van der Waals surface area contributed by atoms with E-state index < -0.39 is 20.2 Å². The molecule has 0 saturated carbocycles. The third kappa shape index (κ3) is 9.40. The van der Waals surface area contributed by atoms with Crippen LogP contribution in [0.1, 0.15) is 61.4 Å². The Labute approximate surface area is 308 Å². The Hall–Kier alpha value is -4.68. The maximum Gasteiger partial charge on any atom is 0.294 e. The van der Waals surface area contributed by atoms with Gasteiger partial charge in [0.15, 0.2) is 0 Å². The van der Waals surface area contributed by atoms with Crippen molar-refractivity contribution in [2.45, 2.75) is 56.5 Å². The molecule has 0 radical (unpaired) electrons. The lowest BCUT2D eigenvalue weighted by atomic mass is 9.85. The highest BCUT2D eigenvalue weighted by Crippen LogP contribution is 2.35. The van der Waals surface area contributed by atoms with Gasteiger partial charge in [-0.3, -0.25) is 9.11 Å². The van der Waals surface area contributed by atoms with E-state index in [9.17, 15) is 25.9 Å². The quantitative estimate of drug-likeness (QED) is 0.0761. The van der Waals surface area contributed by atoms with Crippen molar-refractivity contribution in [3.05, 3.63) is 149 Å². The molecule has 0 aliphatic rings. The average molecular weight is 742 g/mol. The Morgan fingerprint density at radius 2 is 0.769 bits per heavy atom. The lowest BCUT2D eigenvalue weighted by Gasteiger charge is -2.27. The van der Waals surface area contributed by atoms with E-state index in [4.69, 9.17) is 0 Å². The second-order valence-electron chi connectivity index (χ2n) is 12.7. The van der Waals surface area contributed by atoms with Crippen LogP contribution in [-0.4, -0.2) is 52.1 Å². The summed E-state index contributed by atoms with van der Waals surface area (Å²) in [5.41, 5.74) is 8.10. The highest BCUT2D eigenvalue weighted by molar-refractivity contribution is 7.86. The molecular formula is C41H47N3O6S2. The van der Waals surface area contributed by atoms with Crippen LogP contribution in [-0.2, 0) is 33.3 Å². The van der Waals surface area contributed by atoms with Gasteiger partial charge in [-0.05, 0) is 116 Å². The molecule has 5 aromatic carbocycles. The molecule has 11 heteroatoms. The van der Waals surface area contributed by atoms with Crippen molar-refractivity contribution in [1.82, 2.24) is 0 Å². The van der Waals surface area contributed by atoms with Gasteiger partial charge in [-0.25, -0.2) is 0 Å². The highest BCUT2D eigenvalue weighted by Gasteiger charge is 2.20. The van der Waals surface area contributed by atoms with Gasteiger partial charge in [0.05, 0.1) is 9.79 Å². The first-order chi connectivity index (χ1) is 24.8. The van der Waals surface area contributed by atoms with Gasteiger partial charge < -0.3 is 14.7 Å². The minimum absolute atomic E-state index is 0.0584. The Morgan fingerprint density at radius 1 is 0.462 bits per heavy atom. The van der Waals surface area contributed by atoms with Gasteiger partial charge in [0.2, 0.25) is 0 Å². The zero-order valence-electron chi connectivity index (χ0n) is 30.1. The molecule has 0 spiro atoms. The summed E-state index contributed by atoms with van der Waals surface area (Å²) in [5.74, 6) is -0.0584. The summed E-state index contributed by atoms with van der Waals surface area (Å²) in [6, 6.07) is 38.4. The van der Waals surface area contributed by atoms with Crippen molar-refractivity contribution in [3.8, 4) is 0 Å². The van der Waals surface area contributed by atoms with Gasteiger partial charge in [0.1, 0.15) is 0 Å². The largest absolute Gasteiger partial charge is 0.372 e. The standard InChI is InChI=1S/C41H47N3O6S2/c1-5-42(6-2)36-21-15-33(16-22-36)41(34-17-23-37(24-18-34)43(7-3)29-31-11-9-13-39(27-31)51(45,46)47)35-19-25-38(26-20-35)44(8-4)30-32-12-10-14-40(28-32)52(48,49)50/h9-28,41H,5-8,29-30H2,1-4H3,(H,45,46,47)(H,48,49,50). The monoisotopic (exact) mass is 741 g/mol. The fraction of sp³-hybridized carbons (Fsp3) is 0.268. The fourth-order valence-corrected chi connectivity index (χ4v) is 7.72. The Kier molecular flexibility index (Phi) is 12.4. The number of benzene rings is 5. The predicted molar refractivity (Wildman–Crippen MR) is 210 cm³/mol. The lowest BCUT2D eigenvalue weighted by molar-refractivity contribution is 0.481. The van der Waals surface area contributed by atoms with E-state index >= 15 is 0 Å². The van der Waals surface area contributed by atoms with Gasteiger partial charge in [0.25, 0.3) is 20.2 Å². The molecule has 274 valence electrons. The smallest absolute Gasteiger partial charge is 0.294 e. The lowest BCUT2D eigenvalue weighted by Crippen LogP contribution is -2.22. The van der Waals surface area contributed by atoms with Crippen molar-refractivity contribution in [3.63, 3.8) is 0 Å². The third-order valence-corrected chi connectivity index (χ3v) is 11.1. The van der Waals surface area contributed by atoms with E-state index in [2.05, 4.69) is 101 Å². The molecule has 0 aromatic heterocycles. The molecule has 0 atom stereocenters. The van der Waals surface area contributed by atoms with E-state index in [1.165, 1.54) is 30.0 Å². The number of hydrogen-bond donors (Lipinski definition) is 2. The molecule has 0 fully saturated rings. The fourth-order valence-electron chi connectivity index (χ4n) is 6.62. The van der Waals surface area contributed by atoms with Gasteiger partial charge in [-0.2, -0.15) is 16.8 Å². The Morgan fingerprint density at radius 3 is 1.06 bits per heavy atom. The summed E-state index contributed by atoms with van der Waals surface area (Å²) in [5, 5.41) is 0. The normalized spacial score (nSPS) is 11.8. The first-order valence-corrected chi connectivity index (χ1v) is 20.4. The predicted octanol–water partition coefficient (Wildman–Crippen LogP) is 8.26. The molecule has 2 N–H and O–H groups in total. The summed E-state index contributed by atoms with van der Waals surface area (Å²) >= 11 is 0. The van der Waals surface area contributed by atoms with Crippen molar-refractivity contribution >= 4 is 37.3 Å². The zero-order valence-corrected chi connectivity index (χ0v) is 31.7. The van der Waals surface area contributed by atoms with Crippen LogP contribution in [0.15, 0.2) is 131 Å². The minimum atomic E-state index is -4.29. The van der Waals surface area contributed by atoms with E-state index in [-0.39, 0.29) is 15.7 Å². The molecule has 9 nitrogen and oxygen atoms in total. The van der Waals surface area contributed by atoms with Crippen LogP contribution in [0.4, 0.5) is 17.1 Å². The van der Waals surface area contributed by atoms with Crippen LogP contribution in [0.2, 0.25) is 0 Å². The molecule has 5 aromatic rings. The molecule has 5 rings (SSSR count). The Bertz CT molecular complexity index is 2020. The topological polar surface area (TPSA) is 118 Å². The summed E-state index contributed by atoms with van der Waals surface area (Å²) in [7, 11) is -8.59. The Balaban J connectivity index is 1.45. The molecule has 0 aliphatic heterocycles. The van der Waals surface area contributed by atoms with E-state index in [1.54, 1.807) is 12.1 Å². The molecule has 0 aliphatic carbocycles. The number of rotatable bonds is 16. The van der Waals surface area contributed by atoms with E-state index in [0.29, 0.717) is 26.2 Å². The average Bonchev–Trinajstić information content (AvgIpc) is 3.14. The molecule has 0 saturated heterocycles. The van der Waals surface area contributed by atoms with Crippen molar-refractivity contribution in [1.29, 1.82) is 0 Å². The van der Waals surface area contributed by atoms with Crippen LogP contribution < -0.4 is 14.7 Å². The summed E-state index contributed by atoms with van der Waals surface area (Å²) < 4.78 is 66.0. The van der Waals surface area contributed by atoms with Gasteiger partial charge >= 0.3 is 0 Å². The molecule has 0 amide bonds. The second kappa shape index (κ2) is 16.8. The van der Waals surface area contributed by atoms with E-state index in [0.717, 1.165) is 52.3 Å². The maximum atomic E-state index is 11.7. The van der Waals surface area contributed by atoms with Gasteiger partial charge in [-0.1, -0.05) is 60.7 Å². The summed E-state index contributed by atoms with van der Waals surface area (Å²) in [6.07, 6.45) is 0. The second-order valence-corrected chi connectivity index (χ2v) is 15.5. The van der Waals surface area contributed by atoms with Crippen LogP contribution in [0.25, 0.3) is 0 Å². The highest BCUT2D eigenvalue weighted by atomic mass is 32.2. The number of nitrogens with zero attached hydrogens (tertiary/aromatic N) is 3. The number of anilines is 3. The van der Waals surface area contributed by atoms with Crippen molar-refractivity contribution in [2.24, 2.45) is 0 Å². The van der Waals surface area contributed by atoms with Crippen molar-refractivity contribution in [2.75, 3.05) is 40.9 Å². The third-order valence-electron chi connectivity index (χ3n) is 9.44. The summed E-state index contributed by atoms with van der Waals surface area (Å²) in [4.78, 5) is 6.39. The molecule has 0 heterocycles. The van der Waals surface area contributed by atoms with Gasteiger partial charge in [0, 0.05) is 62.2 Å². The van der Waals surface area contributed by atoms with Gasteiger partial charge in [-0.15, -0.1) is 0 Å². The first-order valence-electron chi connectivity index (χ1n) is 17.5. The van der Waals surface area contributed by atoms with Crippen LogP contribution in [0.5, 0.6) is 0 Å². The van der Waals surface area contributed by atoms with Crippen molar-refractivity contribution < 1.29 is 25.9 Å². The first kappa shape index (κ1) is 38.5. The molecule has 52 heavy (non-hydrogen) atoms.